The highest BCUT2D eigenvalue weighted by molar-refractivity contribution is 7.82. The van der Waals surface area contributed by atoms with Gasteiger partial charge in [0.1, 0.15) is 27.9 Å². The van der Waals surface area contributed by atoms with E-state index in [9.17, 15) is 0 Å². The van der Waals surface area contributed by atoms with E-state index in [1.807, 2.05) is 18.2 Å². The molecule has 0 amide bonds. The maximum Gasteiger partial charge on any atom is 0.131 e. The van der Waals surface area contributed by atoms with Crippen molar-refractivity contribution in [2.45, 2.75) is 37.8 Å². The van der Waals surface area contributed by atoms with E-state index in [0.29, 0.717) is 0 Å². The van der Waals surface area contributed by atoms with E-state index in [0.717, 1.165) is 40.6 Å². The monoisotopic (exact) mass is 304 g/mol. The minimum atomic E-state index is -0.180. The van der Waals surface area contributed by atoms with Crippen LogP contribution >= 0.6 is 12.2 Å². The summed E-state index contributed by atoms with van der Waals surface area (Å²) < 4.78 is 10.7. The number of ether oxygens (including phenoxy) is 2. The molecule has 0 saturated heterocycles. The summed E-state index contributed by atoms with van der Waals surface area (Å²) in [6, 6.07) is 5.76. The molecule has 4 nitrogen and oxygen atoms in total. The van der Waals surface area contributed by atoms with E-state index in [2.05, 4.69) is 5.32 Å². The average molecular weight is 304 g/mol. The van der Waals surface area contributed by atoms with Crippen LogP contribution < -0.4 is 14.8 Å². The highest BCUT2D eigenvalue weighted by atomic mass is 32.1. The third kappa shape index (κ3) is 2.75. The van der Waals surface area contributed by atoms with Gasteiger partial charge in [0.05, 0.1) is 14.2 Å². The Kier molecular flexibility index (Phi) is 3.85. The van der Waals surface area contributed by atoms with Crippen molar-refractivity contribution in [2.75, 3.05) is 14.2 Å². The molecule has 112 valence electrons. The molecule has 0 aromatic heterocycles. The molecule has 1 aromatic carbocycles. The first-order valence-electron chi connectivity index (χ1n) is 7.32. The predicted octanol–water partition coefficient (Wildman–Crippen LogP) is 3.08. The summed E-state index contributed by atoms with van der Waals surface area (Å²) >= 11 is 5.51. The Balaban J connectivity index is 1.99. The van der Waals surface area contributed by atoms with Crippen LogP contribution in [0, 0.1) is 0 Å². The molecule has 0 radical (unpaired) electrons. The Morgan fingerprint density at radius 1 is 1.05 bits per heavy atom. The molecule has 2 aliphatic rings. The number of thiocarbonyl (C=S) groups is 1. The first-order chi connectivity index (χ1) is 10.2. The van der Waals surface area contributed by atoms with Crippen LogP contribution in [-0.2, 0) is 0 Å². The van der Waals surface area contributed by atoms with E-state index in [1.165, 1.54) is 19.3 Å². The zero-order valence-corrected chi connectivity index (χ0v) is 13.3. The van der Waals surface area contributed by atoms with E-state index in [4.69, 9.17) is 26.7 Å². The molecular formula is C16H20N2O2S. The van der Waals surface area contributed by atoms with Gasteiger partial charge in [0, 0.05) is 11.6 Å². The van der Waals surface area contributed by atoms with Gasteiger partial charge in [-0.1, -0.05) is 18.6 Å². The zero-order chi connectivity index (χ0) is 14.9. The molecule has 1 aliphatic carbocycles. The molecule has 1 aromatic rings. The van der Waals surface area contributed by atoms with Gasteiger partial charge in [0.25, 0.3) is 0 Å². The molecule has 1 spiro atoms. The van der Waals surface area contributed by atoms with Crippen LogP contribution in [0.5, 0.6) is 11.5 Å². The lowest BCUT2D eigenvalue weighted by Gasteiger charge is -2.30. The molecule has 1 heterocycles. The number of nitrogens with one attached hydrogen (secondary N) is 1. The van der Waals surface area contributed by atoms with Crippen molar-refractivity contribution in [3.05, 3.63) is 23.8 Å². The average Bonchev–Trinajstić information content (AvgIpc) is 2.83. The first kappa shape index (κ1) is 14.3. The van der Waals surface area contributed by atoms with Gasteiger partial charge < -0.3 is 14.8 Å². The van der Waals surface area contributed by atoms with Gasteiger partial charge in [-0.25, -0.2) is 0 Å². The summed E-state index contributed by atoms with van der Waals surface area (Å²) in [4.78, 5) is 5.66. The van der Waals surface area contributed by atoms with Crippen LogP contribution in [0.4, 0.5) is 0 Å². The minimum Gasteiger partial charge on any atom is -0.497 e. The van der Waals surface area contributed by atoms with Crippen LogP contribution in [-0.4, -0.2) is 30.6 Å². The van der Waals surface area contributed by atoms with E-state index >= 15 is 0 Å². The smallest absolute Gasteiger partial charge is 0.131 e. The summed E-state index contributed by atoms with van der Waals surface area (Å²) in [7, 11) is 3.29. The minimum absolute atomic E-state index is 0.180. The van der Waals surface area contributed by atoms with Gasteiger partial charge in [-0.05, 0) is 37.8 Å². The Labute approximate surface area is 130 Å². The molecular weight excluding hydrogens is 284 g/mol. The van der Waals surface area contributed by atoms with E-state index in [-0.39, 0.29) is 5.66 Å². The van der Waals surface area contributed by atoms with Crippen molar-refractivity contribution in [1.82, 2.24) is 5.32 Å². The highest BCUT2D eigenvalue weighted by Gasteiger charge is 2.38. The topological polar surface area (TPSA) is 42.9 Å². The molecule has 3 rings (SSSR count). The van der Waals surface area contributed by atoms with Gasteiger partial charge in [0.2, 0.25) is 0 Å². The Morgan fingerprint density at radius 2 is 1.67 bits per heavy atom. The van der Waals surface area contributed by atoms with Gasteiger partial charge in [-0.2, -0.15) is 0 Å². The third-order valence-corrected chi connectivity index (χ3v) is 4.49. The fraction of sp³-hybridized carbons (Fsp3) is 0.500. The van der Waals surface area contributed by atoms with Crippen LogP contribution in [0.25, 0.3) is 0 Å². The fourth-order valence-electron chi connectivity index (χ4n) is 3.08. The molecule has 0 unspecified atom stereocenters. The third-order valence-electron chi connectivity index (χ3n) is 4.19. The van der Waals surface area contributed by atoms with Gasteiger partial charge in [-0.3, -0.25) is 4.99 Å². The highest BCUT2D eigenvalue weighted by Crippen LogP contribution is 2.34. The molecule has 5 heteroatoms. The van der Waals surface area contributed by atoms with Crippen molar-refractivity contribution in [3.8, 4) is 11.5 Å². The van der Waals surface area contributed by atoms with E-state index < -0.39 is 0 Å². The molecule has 1 N–H and O–H groups in total. The van der Waals surface area contributed by atoms with Crippen molar-refractivity contribution in [1.29, 1.82) is 0 Å². The van der Waals surface area contributed by atoms with Crippen molar-refractivity contribution in [2.24, 2.45) is 4.99 Å². The first-order valence-corrected chi connectivity index (χ1v) is 7.72. The summed E-state index contributed by atoms with van der Waals surface area (Å²) in [5.41, 5.74) is 1.62. The van der Waals surface area contributed by atoms with Crippen molar-refractivity contribution >= 4 is 22.9 Å². The second-order valence-electron chi connectivity index (χ2n) is 5.61. The molecule has 21 heavy (non-hydrogen) atoms. The normalized spacial score (nSPS) is 20.1. The lowest BCUT2D eigenvalue weighted by molar-refractivity contribution is 0.286. The lowest BCUT2D eigenvalue weighted by atomic mass is 9.90. The number of methoxy groups -OCH3 is 2. The van der Waals surface area contributed by atoms with Gasteiger partial charge in [0.15, 0.2) is 0 Å². The van der Waals surface area contributed by atoms with Crippen LogP contribution in [0.2, 0.25) is 0 Å². The largest absolute Gasteiger partial charge is 0.497 e. The van der Waals surface area contributed by atoms with E-state index in [1.54, 1.807) is 14.2 Å². The lowest BCUT2D eigenvalue weighted by Crippen LogP contribution is -2.43. The molecule has 1 saturated carbocycles. The van der Waals surface area contributed by atoms with Crippen LogP contribution in [0.15, 0.2) is 23.2 Å². The quantitative estimate of drug-likeness (QED) is 0.872. The second kappa shape index (κ2) is 5.64. The van der Waals surface area contributed by atoms with Crippen LogP contribution in [0.3, 0.4) is 0 Å². The zero-order valence-electron chi connectivity index (χ0n) is 12.4. The molecule has 1 fully saturated rings. The maximum atomic E-state index is 5.51. The number of nitrogens with zero attached hydrogens (tertiary/aromatic N) is 1. The fourth-order valence-corrected chi connectivity index (χ4v) is 3.43. The van der Waals surface area contributed by atoms with Crippen molar-refractivity contribution in [3.63, 3.8) is 0 Å². The number of rotatable bonds is 3. The Bertz CT molecular complexity index is 570. The predicted molar refractivity (Wildman–Crippen MR) is 87.6 cm³/mol. The molecule has 1 aliphatic heterocycles. The van der Waals surface area contributed by atoms with Crippen LogP contribution in [0.1, 0.15) is 37.7 Å². The molecule has 0 bridgehead atoms. The summed E-state index contributed by atoms with van der Waals surface area (Å²) in [6.45, 7) is 0. The summed E-state index contributed by atoms with van der Waals surface area (Å²) in [6.07, 6.45) is 5.80. The number of hydrogen-bond acceptors (Lipinski definition) is 4. The maximum absolute atomic E-state index is 5.51. The Morgan fingerprint density at radius 3 is 2.24 bits per heavy atom. The Hall–Kier alpha value is -1.62. The number of hydrogen-bond donors (Lipinski definition) is 1. The molecule has 0 atom stereocenters. The number of benzene rings is 1. The SMILES string of the molecule is COc1cc(OC)cc(C2=NC3(CCCCC3)NC2=S)c1. The standard InChI is InChI=1S/C16H20N2O2S/c1-19-12-8-11(9-13(10-12)20-2)14-15(21)18-16(17-14)6-4-3-5-7-16/h8-10H,3-7H2,1-2H3,(H,18,21). The van der Waals surface area contributed by atoms with Crippen molar-refractivity contribution < 1.29 is 9.47 Å². The van der Waals surface area contributed by atoms with Gasteiger partial charge in [-0.15, -0.1) is 0 Å². The number of aliphatic imine (C=N–C) groups is 1. The summed E-state index contributed by atoms with van der Waals surface area (Å²) in [5, 5.41) is 3.44. The van der Waals surface area contributed by atoms with Gasteiger partial charge >= 0.3 is 0 Å². The summed E-state index contributed by atoms with van der Waals surface area (Å²) in [5.74, 6) is 1.50. The second-order valence-corrected chi connectivity index (χ2v) is 6.02.